The molecule has 0 saturated heterocycles. The molecule has 3 nitrogen and oxygen atoms in total. The number of halogens is 2. The average molecular weight is 368 g/mol. The van der Waals surface area contributed by atoms with Gasteiger partial charge in [-0.3, -0.25) is 0 Å². The summed E-state index contributed by atoms with van der Waals surface area (Å²) in [4.78, 5) is 11.6. The molecule has 0 aliphatic rings. The number of ether oxygens (including phenoxy) is 1. The van der Waals surface area contributed by atoms with Gasteiger partial charge in [-0.05, 0) is 22.4 Å². The van der Waals surface area contributed by atoms with Crippen molar-refractivity contribution in [2.75, 3.05) is 7.11 Å². The summed E-state index contributed by atoms with van der Waals surface area (Å²) >= 11 is 6.79. The van der Waals surface area contributed by atoms with Gasteiger partial charge in [0, 0.05) is 6.07 Å². The van der Waals surface area contributed by atoms with Crippen LogP contribution in [0.25, 0.3) is 0 Å². The Labute approximate surface area is 118 Å². The van der Waals surface area contributed by atoms with Crippen molar-refractivity contribution in [3.63, 3.8) is 0 Å². The van der Waals surface area contributed by atoms with E-state index >= 15 is 0 Å². The van der Waals surface area contributed by atoms with Crippen LogP contribution in [0.2, 0.25) is 0 Å². The Balaban J connectivity index is 2.77. The summed E-state index contributed by atoms with van der Waals surface area (Å²) in [6.45, 7) is 2.16. The van der Waals surface area contributed by atoms with Gasteiger partial charge in [0.05, 0.1) is 11.9 Å². The zero-order chi connectivity index (χ0) is 12.8. The second-order valence-electron chi connectivity index (χ2n) is 3.78. The smallest absolute Gasteiger partial charge is 0.341 e. The van der Waals surface area contributed by atoms with Gasteiger partial charge in [0.2, 0.25) is 0 Å². The van der Waals surface area contributed by atoms with E-state index in [4.69, 9.17) is 9.15 Å². The van der Waals surface area contributed by atoms with Gasteiger partial charge in [-0.15, -0.1) is 0 Å². The van der Waals surface area contributed by atoms with Crippen LogP contribution in [0, 0.1) is 0 Å². The van der Waals surface area contributed by atoms with E-state index in [2.05, 4.69) is 38.8 Å². The molecule has 0 saturated carbocycles. The highest BCUT2D eigenvalue weighted by Crippen LogP contribution is 2.35. The van der Waals surface area contributed by atoms with E-state index in [0.29, 0.717) is 16.0 Å². The highest BCUT2D eigenvalue weighted by Gasteiger charge is 2.23. The van der Waals surface area contributed by atoms with Crippen molar-refractivity contribution in [3.05, 3.63) is 22.1 Å². The Morgan fingerprint density at radius 2 is 2.24 bits per heavy atom. The molecule has 1 rings (SSSR count). The number of furan rings is 1. The lowest BCUT2D eigenvalue weighted by Gasteiger charge is -2.08. The van der Waals surface area contributed by atoms with Gasteiger partial charge < -0.3 is 9.15 Å². The van der Waals surface area contributed by atoms with Crippen molar-refractivity contribution in [2.45, 2.75) is 37.4 Å². The van der Waals surface area contributed by atoms with E-state index in [1.807, 2.05) is 0 Å². The fourth-order valence-electron chi connectivity index (χ4n) is 1.58. The van der Waals surface area contributed by atoms with Crippen LogP contribution >= 0.6 is 31.9 Å². The predicted octanol–water partition coefficient (Wildman–Crippen LogP) is 4.85. The molecule has 0 radical (unpaired) electrons. The summed E-state index contributed by atoms with van der Waals surface area (Å²) in [5.74, 6) is 0.272. The first-order valence-corrected chi connectivity index (χ1v) is 7.32. The maximum Gasteiger partial charge on any atom is 0.341 e. The number of carbonyl (C=O) groups is 1. The molecule has 5 heteroatoms. The Hall–Kier alpha value is -0.290. The number of alkyl halides is 1. The summed E-state index contributed by atoms with van der Waals surface area (Å²) < 4.78 is 10.8. The number of hydrogen-bond donors (Lipinski definition) is 0. The molecule has 0 aliphatic carbocycles. The van der Waals surface area contributed by atoms with Gasteiger partial charge in [-0.1, -0.05) is 42.1 Å². The normalized spacial score (nSPS) is 12.5. The SMILES string of the molecule is CCCCCC(Br)c1oc(Br)cc1C(=O)OC. The lowest BCUT2D eigenvalue weighted by molar-refractivity contribution is 0.0598. The minimum atomic E-state index is -0.366. The van der Waals surface area contributed by atoms with Gasteiger partial charge >= 0.3 is 5.97 Å². The predicted molar refractivity (Wildman–Crippen MR) is 73.6 cm³/mol. The molecule has 1 unspecified atom stereocenters. The van der Waals surface area contributed by atoms with E-state index in [1.54, 1.807) is 6.07 Å². The molecule has 1 aromatic heterocycles. The third-order valence-corrected chi connectivity index (χ3v) is 3.75. The fraction of sp³-hybridized carbons (Fsp3) is 0.583. The molecule has 1 heterocycles. The summed E-state index contributed by atoms with van der Waals surface area (Å²) in [6.07, 6.45) is 4.39. The van der Waals surface area contributed by atoms with E-state index in [1.165, 1.54) is 20.0 Å². The van der Waals surface area contributed by atoms with Crippen molar-refractivity contribution in [1.29, 1.82) is 0 Å². The van der Waals surface area contributed by atoms with Crippen molar-refractivity contribution < 1.29 is 13.9 Å². The van der Waals surface area contributed by atoms with Crippen LogP contribution in [0.1, 0.15) is 53.6 Å². The summed E-state index contributed by atoms with van der Waals surface area (Å²) in [5, 5.41) is 0. The monoisotopic (exact) mass is 366 g/mol. The molecular weight excluding hydrogens is 352 g/mol. The fourth-order valence-corrected chi connectivity index (χ4v) is 2.65. The van der Waals surface area contributed by atoms with E-state index in [-0.39, 0.29) is 10.8 Å². The molecule has 0 spiro atoms. The highest BCUT2D eigenvalue weighted by atomic mass is 79.9. The second-order valence-corrected chi connectivity index (χ2v) is 5.67. The first-order chi connectivity index (χ1) is 8.10. The Morgan fingerprint density at radius 3 is 2.82 bits per heavy atom. The quantitative estimate of drug-likeness (QED) is 0.410. The molecule has 17 heavy (non-hydrogen) atoms. The van der Waals surface area contributed by atoms with Gasteiger partial charge in [-0.2, -0.15) is 0 Å². The number of carbonyl (C=O) groups excluding carboxylic acids is 1. The number of hydrogen-bond acceptors (Lipinski definition) is 3. The van der Waals surface area contributed by atoms with Gasteiger partial charge in [0.15, 0.2) is 4.67 Å². The Morgan fingerprint density at radius 1 is 1.53 bits per heavy atom. The number of methoxy groups -OCH3 is 1. The summed E-state index contributed by atoms with van der Waals surface area (Å²) in [6, 6.07) is 1.65. The van der Waals surface area contributed by atoms with Crippen LogP contribution in [0.4, 0.5) is 0 Å². The van der Waals surface area contributed by atoms with Crippen LogP contribution < -0.4 is 0 Å². The van der Waals surface area contributed by atoms with Crippen LogP contribution in [0.5, 0.6) is 0 Å². The van der Waals surface area contributed by atoms with Gasteiger partial charge in [0.1, 0.15) is 11.3 Å². The largest absolute Gasteiger partial charge is 0.465 e. The zero-order valence-corrected chi connectivity index (χ0v) is 13.1. The number of rotatable bonds is 6. The van der Waals surface area contributed by atoms with Gasteiger partial charge in [0.25, 0.3) is 0 Å². The van der Waals surface area contributed by atoms with Gasteiger partial charge in [-0.25, -0.2) is 4.79 Å². The molecule has 0 aromatic carbocycles. The van der Waals surface area contributed by atoms with E-state index in [9.17, 15) is 4.79 Å². The lowest BCUT2D eigenvalue weighted by Crippen LogP contribution is -2.04. The van der Waals surface area contributed by atoms with Crippen LogP contribution in [-0.2, 0) is 4.74 Å². The zero-order valence-electron chi connectivity index (χ0n) is 9.96. The number of esters is 1. The second kappa shape index (κ2) is 7.21. The first-order valence-electron chi connectivity index (χ1n) is 5.61. The van der Waals surface area contributed by atoms with E-state index in [0.717, 1.165) is 12.8 Å². The minimum absolute atomic E-state index is 0.0504. The topological polar surface area (TPSA) is 39.4 Å². The van der Waals surface area contributed by atoms with Crippen LogP contribution in [0.15, 0.2) is 15.2 Å². The lowest BCUT2D eigenvalue weighted by atomic mass is 10.1. The maximum absolute atomic E-state index is 11.6. The van der Waals surface area contributed by atoms with Crippen LogP contribution in [-0.4, -0.2) is 13.1 Å². The van der Waals surface area contributed by atoms with Crippen molar-refractivity contribution >= 4 is 37.8 Å². The number of unbranched alkanes of at least 4 members (excludes halogenated alkanes) is 2. The molecule has 0 aliphatic heterocycles. The standard InChI is InChI=1S/C12H16Br2O3/c1-3-4-5-6-9(13)11-8(12(15)16-2)7-10(14)17-11/h7,9H,3-6H2,1-2H3. The molecule has 1 aromatic rings. The third kappa shape index (κ3) is 4.14. The van der Waals surface area contributed by atoms with Crippen LogP contribution in [0.3, 0.4) is 0 Å². The summed E-state index contributed by atoms with van der Waals surface area (Å²) in [7, 11) is 1.37. The molecule has 96 valence electrons. The minimum Gasteiger partial charge on any atom is -0.465 e. The molecule has 0 bridgehead atoms. The average Bonchev–Trinajstić information content (AvgIpc) is 2.70. The maximum atomic E-state index is 11.6. The molecule has 0 fully saturated rings. The molecule has 0 N–H and O–H groups in total. The molecule has 0 amide bonds. The Bertz CT molecular complexity index is 374. The summed E-state index contributed by atoms with van der Waals surface area (Å²) in [5.41, 5.74) is 0.484. The molecular formula is C12H16Br2O3. The van der Waals surface area contributed by atoms with Crippen molar-refractivity contribution in [1.82, 2.24) is 0 Å². The van der Waals surface area contributed by atoms with Crippen molar-refractivity contribution in [2.24, 2.45) is 0 Å². The molecule has 1 atom stereocenters. The highest BCUT2D eigenvalue weighted by molar-refractivity contribution is 9.10. The first kappa shape index (κ1) is 14.8. The Kier molecular flexibility index (Phi) is 6.27. The third-order valence-electron chi connectivity index (χ3n) is 2.48. The van der Waals surface area contributed by atoms with E-state index < -0.39 is 0 Å². The van der Waals surface area contributed by atoms with Crippen molar-refractivity contribution in [3.8, 4) is 0 Å².